The number of halogens is 1. The van der Waals surface area contributed by atoms with Crippen LogP contribution in [-0.4, -0.2) is 63.4 Å². The summed E-state index contributed by atoms with van der Waals surface area (Å²) in [4.78, 5) is 37.1. The van der Waals surface area contributed by atoms with Gasteiger partial charge in [0.05, 0.1) is 29.7 Å². The van der Waals surface area contributed by atoms with Gasteiger partial charge < -0.3 is 28.6 Å². The first-order valence-corrected chi connectivity index (χ1v) is 15.3. The van der Waals surface area contributed by atoms with Gasteiger partial charge in [-0.3, -0.25) is 4.79 Å². The number of piperazine rings is 1. The van der Waals surface area contributed by atoms with Crippen molar-refractivity contribution in [3.8, 4) is 17.7 Å². The predicted octanol–water partition coefficient (Wildman–Crippen LogP) is 4.09. The lowest BCUT2D eigenvalue weighted by Gasteiger charge is -2.41. The highest BCUT2D eigenvalue weighted by Gasteiger charge is 2.37. The van der Waals surface area contributed by atoms with Gasteiger partial charge in [-0.15, -0.1) is 4.98 Å². The van der Waals surface area contributed by atoms with Crippen molar-refractivity contribution in [2.45, 2.75) is 50.1 Å². The fourth-order valence-electron chi connectivity index (χ4n) is 5.26. The minimum atomic E-state index is -1.57. The van der Waals surface area contributed by atoms with Crippen LogP contribution in [0.25, 0.3) is 0 Å². The second-order valence-electron chi connectivity index (χ2n) is 10.2. The third kappa shape index (κ3) is 6.81. The molecule has 0 aliphatic carbocycles. The molecule has 1 fully saturated rings. The van der Waals surface area contributed by atoms with E-state index in [4.69, 9.17) is 14.2 Å². The number of amides is 1. The Kier molecular flexibility index (Phi) is 9.27. The van der Waals surface area contributed by atoms with E-state index >= 15 is 0 Å². The highest BCUT2D eigenvalue weighted by Crippen LogP contribution is 2.42. The Balaban J connectivity index is 1.39. The van der Waals surface area contributed by atoms with Crippen LogP contribution in [0.4, 0.5) is 15.0 Å². The van der Waals surface area contributed by atoms with Crippen molar-refractivity contribution in [2.75, 3.05) is 30.8 Å². The Morgan fingerprint density at radius 3 is 2.70 bits per heavy atom. The third-order valence-electron chi connectivity index (χ3n) is 7.23. The molecule has 0 radical (unpaired) electrons. The Morgan fingerprint density at radius 1 is 1.19 bits per heavy atom. The van der Waals surface area contributed by atoms with Crippen molar-refractivity contribution < 1.29 is 32.7 Å². The Bertz CT molecular complexity index is 1540. The number of esters is 1. The lowest BCUT2D eigenvalue weighted by Crippen LogP contribution is -2.55. The molecule has 0 N–H and O–H groups in total. The monoisotopic (exact) mass is 607 g/mol. The zero-order chi connectivity index (χ0) is 30.5. The minimum absolute atomic E-state index is 0.0321. The summed E-state index contributed by atoms with van der Waals surface area (Å²) in [5.74, 6) is -0.474. The summed E-state index contributed by atoms with van der Waals surface area (Å²) in [6.45, 7) is 2.27. The maximum absolute atomic E-state index is 15.0. The lowest BCUT2D eigenvalue weighted by atomic mass is 9.97. The molecule has 2 unspecified atom stereocenters. The van der Waals surface area contributed by atoms with Crippen LogP contribution >= 0.6 is 0 Å². The topological polar surface area (TPSA) is 141 Å². The fourth-order valence-corrected chi connectivity index (χ4v) is 5.68. The van der Waals surface area contributed by atoms with Crippen molar-refractivity contribution in [3.05, 3.63) is 71.0 Å². The molecule has 2 aromatic carbocycles. The van der Waals surface area contributed by atoms with E-state index in [0.717, 1.165) is 5.56 Å². The number of fused-ring (bicyclic) bond motifs is 1. The molecular weight excluding hydrogens is 577 g/mol. The largest absolute Gasteiger partial charge is 0.609 e. The zero-order valence-corrected chi connectivity index (χ0v) is 24.5. The highest BCUT2D eigenvalue weighted by molar-refractivity contribution is 7.90. The number of rotatable bonds is 7. The number of carbonyl (C=O) groups excluding carboxylic acids is 2. The van der Waals surface area contributed by atoms with E-state index in [1.165, 1.54) is 31.4 Å². The van der Waals surface area contributed by atoms with E-state index in [1.807, 2.05) is 35.2 Å². The number of carbonyl (C=O) groups is 2. The van der Waals surface area contributed by atoms with E-state index in [0.29, 0.717) is 30.8 Å². The molecule has 43 heavy (non-hydrogen) atoms. The molecule has 0 bridgehead atoms. The maximum atomic E-state index is 15.0. The molecule has 3 heterocycles. The molecule has 1 saturated heterocycles. The van der Waals surface area contributed by atoms with E-state index < -0.39 is 41.2 Å². The number of benzene rings is 2. The van der Waals surface area contributed by atoms with Crippen LogP contribution in [0, 0.1) is 17.1 Å². The number of nitriles is 1. The van der Waals surface area contributed by atoms with Crippen LogP contribution in [0.3, 0.4) is 0 Å². The molecule has 0 spiro atoms. The SMILES string of the molecule is CC(=O)Oc1cccc(F)c1C1CCc2c(nc([S+](C)[O-])nc2N2CCN(C(=O)OCc3ccccc3)[C@@H](CC#N)C2)O1. The van der Waals surface area contributed by atoms with Gasteiger partial charge in [0, 0.05) is 37.7 Å². The minimum Gasteiger partial charge on any atom is -0.609 e. The van der Waals surface area contributed by atoms with E-state index in [1.54, 1.807) is 4.90 Å². The van der Waals surface area contributed by atoms with Gasteiger partial charge in [0.25, 0.3) is 0 Å². The molecule has 224 valence electrons. The van der Waals surface area contributed by atoms with Gasteiger partial charge in [-0.25, -0.2) is 9.18 Å². The smallest absolute Gasteiger partial charge is 0.410 e. The lowest BCUT2D eigenvalue weighted by molar-refractivity contribution is -0.132. The predicted molar refractivity (Wildman–Crippen MR) is 153 cm³/mol. The van der Waals surface area contributed by atoms with Crippen molar-refractivity contribution in [1.82, 2.24) is 14.9 Å². The van der Waals surface area contributed by atoms with Crippen LogP contribution in [0.5, 0.6) is 11.6 Å². The van der Waals surface area contributed by atoms with Gasteiger partial charge in [0.2, 0.25) is 5.88 Å². The van der Waals surface area contributed by atoms with Crippen molar-refractivity contribution in [3.63, 3.8) is 0 Å². The van der Waals surface area contributed by atoms with E-state index in [9.17, 15) is 23.8 Å². The molecule has 11 nitrogen and oxygen atoms in total. The average Bonchev–Trinajstić information content (AvgIpc) is 2.99. The molecule has 0 saturated carbocycles. The quantitative estimate of drug-likeness (QED) is 0.167. The summed E-state index contributed by atoms with van der Waals surface area (Å²) in [5.41, 5.74) is 1.60. The second kappa shape index (κ2) is 13.3. The van der Waals surface area contributed by atoms with E-state index in [-0.39, 0.29) is 48.5 Å². The van der Waals surface area contributed by atoms with Gasteiger partial charge >= 0.3 is 17.2 Å². The van der Waals surface area contributed by atoms with Crippen LogP contribution < -0.4 is 14.4 Å². The van der Waals surface area contributed by atoms with Crippen LogP contribution in [0.15, 0.2) is 53.7 Å². The summed E-state index contributed by atoms with van der Waals surface area (Å²) in [7, 11) is 0. The summed E-state index contributed by atoms with van der Waals surface area (Å²) >= 11 is -1.57. The Hall–Kier alpha value is -4.41. The van der Waals surface area contributed by atoms with Gasteiger partial charge in [-0.2, -0.15) is 10.2 Å². The number of anilines is 1. The first-order chi connectivity index (χ1) is 20.7. The molecule has 1 aromatic heterocycles. The second-order valence-corrected chi connectivity index (χ2v) is 11.4. The number of nitrogens with zero attached hydrogens (tertiary/aromatic N) is 5. The van der Waals surface area contributed by atoms with Gasteiger partial charge in [0.1, 0.15) is 36.4 Å². The van der Waals surface area contributed by atoms with Crippen LogP contribution in [-0.2, 0) is 33.7 Å². The Labute approximate surface area is 251 Å². The van der Waals surface area contributed by atoms with Crippen molar-refractivity contribution in [1.29, 1.82) is 5.26 Å². The van der Waals surface area contributed by atoms with Crippen molar-refractivity contribution >= 4 is 29.1 Å². The van der Waals surface area contributed by atoms with Crippen LogP contribution in [0.2, 0.25) is 0 Å². The van der Waals surface area contributed by atoms with E-state index in [2.05, 4.69) is 16.0 Å². The zero-order valence-electron chi connectivity index (χ0n) is 23.7. The maximum Gasteiger partial charge on any atom is 0.410 e. The molecule has 13 heteroatoms. The fraction of sp³-hybridized carbons (Fsp3) is 0.367. The molecule has 1 amide bonds. The number of hydrogen-bond donors (Lipinski definition) is 0. The standard InChI is InChI=1S/C30H30FN5O6S/c1-19(37)41-24-10-6-9-23(31)26(24)25-12-11-22-27(33-29(43(2)39)34-28(22)42-25)35-15-16-36(21(17-35)13-14-32)30(38)40-18-20-7-4-3-5-8-20/h3-10,21,25H,11-13,15-18H2,1-2H3/t21-,25?,43?/m0/s1. The molecular formula is C30H30FN5O6S. The third-order valence-corrected chi connectivity index (χ3v) is 7.93. The van der Waals surface area contributed by atoms with Gasteiger partial charge in [-0.05, 0) is 30.5 Å². The highest BCUT2D eigenvalue weighted by atomic mass is 32.2. The number of hydrogen-bond acceptors (Lipinski definition) is 10. The van der Waals surface area contributed by atoms with Crippen molar-refractivity contribution in [2.24, 2.45) is 0 Å². The summed E-state index contributed by atoms with van der Waals surface area (Å²) in [5, 5.41) is 9.57. The number of aromatic nitrogens is 2. The number of ether oxygens (including phenoxy) is 3. The van der Waals surface area contributed by atoms with Gasteiger partial charge in [0.15, 0.2) is 0 Å². The van der Waals surface area contributed by atoms with Gasteiger partial charge in [-0.1, -0.05) is 36.4 Å². The molecule has 5 rings (SSSR count). The summed E-state index contributed by atoms with van der Waals surface area (Å²) in [6, 6.07) is 15.2. The normalized spacial score (nSPS) is 18.6. The molecule has 2 aliphatic heterocycles. The summed E-state index contributed by atoms with van der Waals surface area (Å²) < 4.78 is 44.4. The molecule has 3 atom stereocenters. The average molecular weight is 608 g/mol. The first kappa shape index (κ1) is 30.1. The molecule has 2 aliphatic rings. The summed E-state index contributed by atoms with van der Waals surface area (Å²) in [6.07, 6.45) is 0.917. The van der Waals surface area contributed by atoms with Crippen LogP contribution in [0.1, 0.15) is 42.6 Å². The first-order valence-electron chi connectivity index (χ1n) is 13.7. The Morgan fingerprint density at radius 2 is 1.98 bits per heavy atom. The molecule has 3 aromatic rings.